The Kier molecular flexibility index (Phi) is 3.91. The van der Waals surface area contributed by atoms with Gasteiger partial charge < -0.3 is 5.32 Å². The Morgan fingerprint density at radius 2 is 2.00 bits per heavy atom. The number of hydrogen-bond acceptors (Lipinski definition) is 4. The van der Waals surface area contributed by atoms with E-state index in [-0.39, 0.29) is 0 Å². The number of halogens is 1. The number of rotatable bonds is 3. The lowest BCUT2D eigenvalue weighted by Crippen LogP contribution is -2.61. The molecule has 0 bridgehead atoms. The van der Waals surface area contributed by atoms with Crippen molar-refractivity contribution >= 4 is 22.9 Å². The lowest BCUT2D eigenvalue weighted by Gasteiger charge is -2.44. The van der Waals surface area contributed by atoms with Gasteiger partial charge in [-0.1, -0.05) is 11.6 Å². The molecular weight excluding hydrogens is 266 g/mol. The molecule has 5 heteroatoms. The summed E-state index contributed by atoms with van der Waals surface area (Å²) in [4.78, 5) is 6.59. The summed E-state index contributed by atoms with van der Waals surface area (Å²) in [6, 6.07) is 5.47. The van der Waals surface area contributed by atoms with Crippen LogP contribution >= 0.6 is 22.9 Å². The largest absolute Gasteiger partial charge is 0.314 e. The average Bonchev–Trinajstić information content (AvgIpc) is 2.74. The van der Waals surface area contributed by atoms with Crippen molar-refractivity contribution in [2.45, 2.75) is 19.0 Å². The van der Waals surface area contributed by atoms with Crippen molar-refractivity contribution in [3.05, 3.63) is 21.3 Å². The van der Waals surface area contributed by atoms with Gasteiger partial charge in [-0.2, -0.15) is 0 Å². The highest BCUT2D eigenvalue weighted by atomic mass is 35.5. The molecule has 0 amide bonds. The minimum absolute atomic E-state index is 0.504. The number of thiophene rings is 1. The van der Waals surface area contributed by atoms with Gasteiger partial charge in [0.2, 0.25) is 0 Å². The van der Waals surface area contributed by atoms with Crippen LogP contribution in [0.4, 0.5) is 0 Å². The van der Waals surface area contributed by atoms with Gasteiger partial charge in [-0.15, -0.1) is 11.3 Å². The minimum atomic E-state index is 0.504. The summed E-state index contributed by atoms with van der Waals surface area (Å²) in [5.41, 5.74) is 0. The third kappa shape index (κ3) is 2.58. The van der Waals surface area contributed by atoms with Crippen LogP contribution in [0.3, 0.4) is 0 Å². The van der Waals surface area contributed by atoms with Crippen LogP contribution < -0.4 is 5.32 Å². The number of hydrogen-bond donors (Lipinski definition) is 1. The summed E-state index contributed by atoms with van der Waals surface area (Å²) >= 11 is 7.73. The predicted molar refractivity (Wildman–Crippen MR) is 77.5 cm³/mol. The van der Waals surface area contributed by atoms with E-state index in [0.29, 0.717) is 6.04 Å². The topological polar surface area (TPSA) is 18.5 Å². The molecule has 0 aliphatic carbocycles. The van der Waals surface area contributed by atoms with Crippen molar-refractivity contribution in [1.82, 2.24) is 15.1 Å². The molecule has 1 aromatic rings. The zero-order chi connectivity index (χ0) is 12.5. The van der Waals surface area contributed by atoms with Crippen molar-refractivity contribution in [3.8, 4) is 0 Å². The van der Waals surface area contributed by atoms with Crippen LogP contribution in [0.25, 0.3) is 0 Å². The standard InChI is InChI=1S/C13H20ClN3S/c1-10(12-2-3-13(14)18-12)16-4-6-17(7-5-16)11-8-15-9-11/h2-3,10-11,15H,4-9H2,1H3. The van der Waals surface area contributed by atoms with Crippen LogP contribution in [-0.4, -0.2) is 55.1 Å². The van der Waals surface area contributed by atoms with E-state index in [1.165, 1.54) is 44.1 Å². The van der Waals surface area contributed by atoms with Crippen LogP contribution in [0.1, 0.15) is 17.8 Å². The van der Waals surface area contributed by atoms with Crippen LogP contribution in [0, 0.1) is 0 Å². The second kappa shape index (κ2) is 5.47. The Balaban J connectivity index is 1.55. The molecule has 1 N–H and O–H groups in total. The fourth-order valence-corrected chi connectivity index (χ4v) is 3.90. The highest BCUT2D eigenvalue weighted by Gasteiger charge is 2.29. The van der Waals surface area contributed by atoms with Gasteiger partial charge in [0.15, 0.2) is 0 Å². The normalized spacial score (nSPS) is 25.0. The monoisotopic (exact) mass is 285 g/mol. The van der Waals surface area contributed by atoms with E-state index < -0.39 is 0 Å². The zero-order valence-corrected chi connectivity index (χ0v) is 12.3. The molecule has 2 aliphatic heterocycles. The van der Waals surface area contributed by atoms with E-state index in [1.807, 2.05) is 6.07 Å². The van der Waals surface area contributed by atoms with Crippen molar-refractivity contribution in [1.29, 1.82) is 0 Å². The van der Waals surface area contributed by atoms with Gasteiger partial charge >= 0.3 is 0 Å². The second-order valence-electron chi connectivity index (χ2n) is 5.20. The Bertz CT molecular complexity index is 397. The van der Waals surface area contributed by atoms with Crippen molar-refractivity contribution < 1.29 is 0 Å². The maximum absolute atomic E-state index is 6.02. The Hall–Kier alpha value is -0.130. The summed E-state index contributed by atoms with van der Waals surface area (Å²) < 4.78 is 0.899. The second-order valence-corrected chi connectivity index (χ2v) is 6.95. The molecule has 100 valence electrons. The molecule has 1 unspecified atom stereocenters. The maximum Gasteiger partial charge on any atom is 0.0931 e. The third-order valence-corrected chi connectivity index (χ3v) is 5.58. The van der Waals surface area contributed by atoms with Gasteiger partial charge in [0.05, 0.1) is 4.34 Å². The molecule has 18 heavy (non-hydrogen) atoms. The smallest absolute Gasteiger partial charge is 0.0931 e. The van der Waals surface area contributed by atoms with Crippen molar-refractivity contribution in [2.75, 3.05) is 39.3 Å². The van der Waals surface area contributed by atoms with E-state index in [9.17, 15) is 0 Å². The van der Waals surface area contributed by atoms with Gasteiger partial charge in [0.25, 0.3) is 0 Å². The summed E-state index contributed by atoms with van der Waals surface area (Å²) in [7, 11) is 0. The van der Waals surface area contributed by atoms with E-state index in [0.717, 1.165) is 10.4 Å². The Labute approximate surface area is 118 Å². The van der Waals surface area contributed by atoms with Gasteiger partial charge in [0, 0.05) is 56.2 Å². The van der Waals surface area contributed by atoms with Crippen LogP contribution in [0.2, 0.25) is 4.34 Å². The van der Waals surface area contributed by atoms with E-state index in [4.69, 9.17) is 11.6 Å². The van der Waals surface area contributed by atoms with E-state index in [2.05, 4.69) is 28.1 Å². The molecule has 2 aliphatic rings. The molecule has 1 aromatic heterocycles. The molecule has 3 heterocycles. The lowest BCUT2D eigenvalue weighted by atomic mass is 10.1. The fraction of sp³-hybridized carbons (Fsp3) is 0.692. The number of nitrogens with zero attached hydrogens (tertiary/aromatic N) is 2. The maximum atomic E-state index is 6.02. The molecule has 0 radical (unpaired) electrons. The molecule has 2 saturated heterocycles. The SMILES string of the molecule is CC(c1ccc(Cl)s1)N1CCN(C2CNC2)CC1. The Morgan fingerprint density at radius 3 is 2.50 bits per heavy atom. The lowest BCUT2D eigenvalue weighted by molar-refractivity contribution is 0.0559. The molecule has 3 nitrogen and oxygen atoms in total. The summed E-state index contributed by atoms with van der Waals surface area (Å²) in [6.07, 6.45) is 0. The average molecular weight is 286 g/mol. The first-order valence-electron chi connectivity index (χ1n) is 6.68. The molecule has 0 saturated carbocycles. The van der Waals surface area contributed by atoms with E-state index >= 15 is 0 Å². The summed E-state index contributed by atoms with van der Waals surface area (Å²) in [5.74, 6) is 0. The molecular formula is C13H20ClN3S. The van der Waals surface area contributed by atoms with Gasteiger partial charge in [-0.05, 0) is 19.1 Å². The summed E-state index contributed by atoms with van der Waals surface area (Å²) in [6.45, 7) is 9.40. The van der Waals surface area contributed by atoms with Crippen LogP contribution in [0.15, 0.2) is 12.1 Å². The number of piperazine rings is 1. The fourth-order valence-electron chi connectivity index (χ4n) is 2.75. The van der Waals surface area contributed by atoms with Crippen molar-refractivity contribution in [2.24, 2.45) is 0 Å². The predicted octanol–water partition coefficient (Wildman–Crippen LogP) is 2.05. The minimum Gasteiger partial charge on any atom is -0.314 e. The Morgan fingerprint density at radius 1 is 1.28 bits per heavy atom. The first-order chi connectivity index (χ1) is 8.74. The first-order valence-corrected chi connectivity index (χ1v) is 7.87. The third-order valence-electron chi connectivity index (χ3n) is 4.18. The van der Waals surface area contributed by atoms with Crippen molar-refractivity contribution in [3.63, 3.8) is 0 Å². The first kappa shape index (κ1) is 12.9. The molecule has 3 rings (SSSR count). The highest BCUT2D eigenvalue weighted by Crippen LogP contribution is 2.30. The molecule has 0 spiro atoms. The van der Waals surface area contributed by atoms with E-state index in [1.54, 1.807) is 11.3 Å². The van der Waals surface area contributed by atoms with Crippen LogP contribution in [-0.2, 0) is 0 Å². The zero-order valence-electron chi connectivity index (χ0n) is 10.7. The molecule has 1 atom stereocenters. The number of nitrogens with one attached hydrogen (secondary N) is 1. The van der Waals surface area contributed by atoms with Gasteiger partial charge in [0.1, 0.15) is 0 Å². The quantitative estimate of drug-likeness (QED) is 0.917. The highest BCUT2D eigenvalue weighted by molar-refractivity contribution is 7.16. The summed E-state index contributed by atoms with van der Waals surface area (Å²) in [5, 5.41) is 3.35. The van der Waals surface area contributed by atoms with Gasteiger partial charge in [-0.25, -0.2) is 0 Å². The molecule has 2 fully saturated rings. The van der Waals surface area contributed by atoms with Gasteiger partial charge in [-0.3, -0.25) is 9.80 Å². The van der Waals surface area contributed by atoms with Crippen LogP contribution in [0.5, 0.6) is 0 Å². The molecule has 0 aromatic carbocycles.